The predicted molar refractivity (Wildman–Crippen MR) is 159 cm³/mol. The minimum Gasteiger partial charge on any atom is -0.456 e. The number of anilines is 2. The van der Waals surface area contributed by atoms with Crippen molar-refractivity contribution < 1.29 is 13.6 Å². The second-order valence-corrected chi connectivity index (χ2v) is 12.3. The summed E-state index contributed by atoms with van der Waals surface area (Å²) in [6.07, 6.45) is 4.02. The Kier molecular flexibility index (Phi) is 7.60. The Morgan fingerprint density at radius 2 is 1.68 bits per heavy atom. The van der Waals surface area contributed by atoms with Crippen LogP contribution in [-0.4, -0.2) is 15.9 Å². The number of nitrogens with one attached hydrogen (secondary N) is 2. The molecule has 0 atom stereocenters. The summed E-state index contributed by atoms with van der Waals surface area (Å²) in [7, 11) is 0. The highest BCUT2D eigenvalue weighted by Gasteiger charge is 2.37. The highest BCUT2D eigenvalue weighted by molar-refractivity contribution is 5.91. The number of halogens is 1. The number of amides is 1. The Morgan fingerprint density at radius 3 is 2.39 bits per heavy atom. The molecule has 0 spiro atoms. The monoisotopic (exact) mass is 555 g/mol. The second-order valence-electron chi connectivity index (χ2n) is 12.3. The van der Waals surface area contributed by atoms with Gasteiger partial charge >= 0.3 is 0 Å². The molecule has 0 unspecified atom stereocenters. The summed E-state index contributed by atoms with van der Waals surface area (Å²) in [5.41, 5.74) is 13.0. The molecule has 4 aromatic rings. The molecule has 0 saturated carbocycles. The summed E-state index contributed by atoms with van der Waals surface area (Å²) in [4.78, 5) is 20.6. The molecule has 41 heavy (non-hydrogen) atoms. The third-order valence-electron chi connectivity index (χ3n) is 8.23. The summed E-state index contributed by atoms with van der Waals surface area (Å²) in [5.74, 6) is 0.183. The van der Waals surface area contributed by atoms with Gasteiger partial charge in [-0.15, -0.1) is 0 Å². The van der Waals surface area contributed by atoms with Gasteiger partial charge in [0, 0.05) is 19.5 Å². The molecule has 0 saturated heterocycles. The Hall–Kier alpha value is -4.20. The maximum absolute atomic E-state index is 13.3. The van der Waals surface area contributed by atoms with Crippen molar-refractivity contribution >= 4 is 17.7 Å². The lowest BCUT2D eigenvalue weighted by atomic mass is 9.62. The molecule has 1 amide bonds. The van der Waals surface area contributed by atoms with E-state index in [2.05, 4.69) is 67.4 Å². The standard InChI is InChI=1S/C33H38FN5O2/c1-20-13-25-26(33(4,5)12-11-32(25,2)3)16-23(20)15-24-9-10-28(41-24)30(40)36-17-21-7-6-8-22(14-21)18-37-31-38-19-27(34)29(35)39-31/h6-10,13-14,16,19H,11-12,15,17-18H2,1-5H3,(H,36,40)(H3,35,37,38,39). The SMILES string of the molecule is Cc1cc2c(cc1Cc1ccc(C(=O)NCc3cccc(CNc4ncc(F)c(N)n4)c3)o1)C(C)(C)CCC2(C)C. The van der Waals surface area contributed by atoms with Gasteiger partial charge in [-0.2, -0.15) is 4.98 Å². The van der Waals surface area contributed by atoms with Gasteiger partial charge in [-0.3, -0.25) is 4.79 Å². The Bertz CT molecular complexity index is 1590. The van der Waals surface area contributed by atoms with E-state index in [1.54, 1.807) is 6.07 Å². The molecule has 0 bridgehead atoms. The maximum Gasteiger partial charge on any atom is 0.287 e. The van der Waals surface area contributed by atoms with Crippen LogP contribution in [0.25, 0.3) is 0 Å². The van der Waals surface area contributed by atoms with Gasteiger partial charge in [0.25, 0.3) is 5.91 Å². The van der Waals surface area contributed by atoms with Gasteiger partial charge in [0.15, 0.2) is 17.4 Å². The molecule has 0 radical (unpaired) electrons. The first kappa shape index (κ1) is 28.3. The molecular weight excluding hydrogens is 517 g/mol. The summed E-state index contributed by atoms with van der Waals surface area (Å²) >= 11 is 0. The van der Waals surface area contributed by atoms with Crippen LogP contribution in [0, 0.1) is 12.7 Å². The van der Waals surface area contributed by atoms with Crippen LogP contribution >= 0.6 is 0 Å². The first-order valence-corrected chi connectivity index (χ1v) is 14.0. The second kappa shape index (κ2) is 11.0. The summed E-state index contributed by atoms with van der Waals surface area (Å²) < 4.78 is 19.3. The fraction of sp³-hybridized carbons (Fsp3) is 0.364. The lowest BCUT2D eigenvalue weighted by Crippen LogP contribution is -2.34. The fourth-order valence-corrected chi connectivity index (χ4v) is 5.51. The van der Waals surface area contributed by atoms with E-state index in [-0.39, 0.29) is 28.5 Å². The van der Waals surface area contributed by atoms with Crippen molar-refractivity contribution in [3.8, 4) is 0 Å². The molecule has 2 heterocycles. The molecule has 2 aromatic heterocycles. The number of aromatic nitrogens is 2. The zero-order valence-electron chi connectivity index (χ0n) is 24.4. The van der Waals surface area contributed by atoms with Crippen molar-refractivity contribution in [3.05, 3.63) is 105 Å². The molecule has 1 aliphatic rings. The largest absolute Gasteiger partial charge is 0.456 e. The number of nitrogens with two attached hydrogens (primary N) is 1. The van der Waals surface area contributed by atoms with E-state index in [1.807, 2.05) is 30.3 Å². The topological polar surface area (TPSA) is 106 Å². The maximum atomic E-state index is 13.3. The quantitative estimate of drug-likeness (QED) is 0.227. The highest BCUT2D eigenvalue weighted by Crippen LogP contribution is 2.46. The number of benzene rings is 2. The number of aryl methyl sites for hydroxylation is 1. The van der Waals surface area contributed by atoms with Crippen molar-refractivity contribution in [1.29, 1.82) is 0 Å². The van der Waals surface area contributed by atoms with Gasteiger partial charge in [0.2, 0.25) is 5.95 Å². The van der Waals surface area contributed by atoms with Crippen molar-refractivity contribution in [2.45, 2.75) is 77.8 Å². The summed E-state index contributed by atoms with van der Waals surface area (Å²) in [6, 6.07) is 16.1. The molecule has 7 nitrogen and oxygen atoms in total. The van der Waals surface area contributed by atoms with Crippen LogP contribution in [0.2, 0.25) is 0 Å². The molecule has 5 rings (SSSR count). The fourth-order valence-electron chi connectivity index (χ4n) is 5.51. The van der Waals surface area contributed by atoms with Crippen LogP contribution in [0.4, 0.5) is 16.2 Å². The number of nitrogens with zero attached hydrogens (tertiary/aromatic N) is 2. The molecule has 1 aliphatic carbocycles. The molecule has 0 fully saturated rings. The third kappa shape index (κ3) is 6.26. The van der Waals surface area contributed by atoms with Gasteiger partial charge in [-0.25, -0.2) is 9.37 Å². The normalized spacial score (nSPS) is 15.3. The molecule has 0 aliphatic heterocycles. The van der Waals surface area contributed by atoms with Crippen molar-refractivity contribution in [2.24, 2.45) is 0 Å². The Morgan fingerprint density at radius 1 is 1.00 bits per heavy atom. The minimum absolute atomic E-state index is 0.137. The summed E-state index contributed by atoms with van der Waals surface area (Å²) in [5, 5.41) is 5.97. The van der Waals surface area contributed by atoms with E-state index in [9.17, 15) is 9.18 Å². The smallest absolute Gasteiger partial charge is 0.287 e. The Labute approximate surface area is 240 Å². The average molecular weight is 556 g/mol. The first-order valence-electron chi connectivity index (χ1n) is 14.0. The van der Waals surface area contributed by atoms with E-state index >= 15 is 0 Å². The number of hydrogen-bond donors (Lipinski definition) is 3. The van der Waals surface area contributed by atoms with Crippen molar-refractivity contribution in [2.75, 3.05) is 11.1 Å². The first-order chi connectivity index (χ1) is 19.4. The van der Waals surface area contributed by atoms with Crippen LogP contribution in [-0.2, 0) is 30.3 Å². The van der Waals surface area contributed by atoms with Gasteiger partial charge in [-0.05, 0) is 76.1 Å². The average Bonchev–Trinajstić information content (AvgIpc) is 3.40. The molecule has 8 heteroatoms. The van der Waals surface area contributed by atoms with Crippen LogP contribution in [0.3, 0.4) is 0 Å². The van der Waals surface area contributed by atoms with Crippen molar-refractivity contribution in [1.82, 2.24) is 15.3 Å². The predicted octanol–water partition coefficient (Wildman–Crippen LogP) is 6.58. The van der Waals surface area contributed by atoms with Crippen molar-refractivity contribution in [3.63, 3.8) is 0 Å². The third-order valence-corrected chi connectivity index (χ3v) is 8.23. The number of hydrogen-bond acceptors (Lipinski definition) is 6. The van der Waals surface area contributed by atoms with Crippen LogP contribution in [0.15, 0.2) is 59.1 Å². The van der Waals surface area contributed by atoms with Gasteiger partial charge in [0.05, 0.1) is 6.20 Å². The number of nitrogen functional groups attached to an aromatic ring is 1. The molecule has 2 aromatic carbocycles. The van der Waals surface area contributed by atoms with E-state index < -0.39 is 5.82 Å². The van der Waals surface area contributed by atoms with Gasteiger partial charge in [-0.1, -0.05) is 64.1 Å². The van der Waals surface area contributed by atoms with Crippen LogP contribution in [0.5, 0.6) is 0 Å². The molecule has 214 valence electrons. The zero-order chi connectivity index (χ0) is 29.4. The number of furan rings is 1. The number of rotatable bonds is 8. The Balaban J connectivity index is 1.21. The molecular formula is C33H38FN5O2. The highest BCUT2D eigenvalue weighted by atomic mass is 19.1. The van der Waals surface area contributed by atoms with Crippen LogP contribution in [0.1, 0.15) is 90.2 Å². The lowest BCUT2D eigenvalue weighted by Gasteiger charge is -2.42. The summed E-state index contributed by atoms with van der Waals surface area (Å²) in [6.45, 7) is 12.3. The van der Waals surface area contributed by atoms with E-state index in [0.717, 1.165) is 29.5 Å². The van der Waals surface area contributed by atoms with E-state index in [4.69, 9.17) is 10.2 Å². The number of fused-ring (bicyclic) bond motifs is 1. The minimum atomic E-state index is -0.654. The number of carbonyl (C=O) groups excluding carboxylic acids is 1. The molecule has 4 N–H and O–H groups in total. The zero-order valence-corrected chi connectivity index (χ0v) is 24.4. The van der Waals surface area contributed by atoms with Gasteiger partial charge in [0.1, 0.15) is 5.76 Å². The lowest BCUT2D eigenvalue weighted by molar-refractivity contribution is 0.0921. The van der Waals surface area contributed by atoms with E-state index in [1.165, 1.54) is 28.7 Å². The van der Waals surface area contributed by atoms with E-state index in [0.29, 0.717) is 25.3 Å². The van der Waals surface area contributed by atoms with Crippen LogP contribution < -0.4 is 16.4 Å². The van der Waals surface area contributed by atoms with Gasteiger partial charge < -0.3 is 20.8 Å². The number of carbonyl (C=O) groups is 1.